The molecule has 1 saturated heterocycles. The lowest BCUT2D eigenvalue weighted by atomic mass is 9.88. The SMILES string of the molecule is CC(C)C[C@@H](C(=O)[C@@H](OC(=O)N1C(C)(C)COC1(C)C)[C@H](CC(C)C)N(Cc1ccccc1)Cc1ccccc1)N(Cc1ccccc1)Cc1ccccc1. The van der Waals surface area contributed by atoms with E-state index in [0.717, 1.165) is 22.3 Å². The van der Waals surface area contributed by atoms with Crippen molar-refractivity contribution >= 4 is 11.9 Å². The lowest BCUT2D eigenvalue weighted by molar-refractivity contribution is -0.141. The molecule has 4 aromatic rings. The van der Waals surface area contributed by atoms with Crippen molar-refractivity contribution in [2.24, 2.45) is 11.8 Å². The Labute approximate surface area is 330 Å². The van der Waals surface area contributed by atoms with Crippen molar-refractivity contribution < 1.29 is 19.1 Å². The third-order valence-electron chi connectivity index (χ3n) is 10.5. The van der Waals surface area contributed by atoms with E-state index in [-0.39, 0.29) is 17.6 Å². The van der Waals surface area contributed by atoms with Crippen molar-refractivity contribution in [1.82, 2.24) is 14.7 Å². The third-order valence-corrected chi connectivity index (χ3v) is 10.5. The Morgan fingerprint density at radius 1 is 0.618 bits per heavy atom. The monoisotopic (exact) mass is 745 g/mol. The molecule has 7 nitrogen and oxygen atoms in total. The fourth-order valence-corrected chi connectivity index (χ4v) is 8.03. The molecule has 1 aliphatic heterocycles. The van der Waals surface area contributed by atoms with Crippen molar-refractivity contribution in [3.63, 3.8) is 0 Å². The van der Waals surface area contributed by atoms with Crippen LogP contribution < -0.4 is 0 Å². The molecule has 0 unspecified atom stereocenters. The molecule has 0 N–H and O–H groups in total. The van der Waals surface area contributed by atoms with E-state index in [1.165, 1.54) is 0 Å². The molecule has 4 aromatic carbocycles. The molecule has 55 heavy (non-hydrogen) atoms. The Bertz CT molecular complexity index is 1660. The van der Waals surface area contributed by atoms with E-state index >= 15 is 4.79 Å². The minimum absolute atomic E-state index is 0.0681. The second kappa shape index (κ2) is 19.0. The van der Waals surface area contributed by atoms with E-state index in [1.54, 1.807) is 4.90 Å². The molecule has 0 radical (unpaired) electrons. The third kappa shape index (κ3) is 11.6. The molecule has 5 rings (SSSR count). The van der Waals surface area contributed by atoms with Crippen molar-refractivity contribution in [3.05, 3.63) is 144 Å². The van der Waals surface area contributed by atoms with Gasteiger partial charge in [-0.05, 0) is 74.6 Å². The first-order valence-electron chi connectivity index (χ1n) is 20.1. The van der Waals surface area contributed by atoms with Gasteiger partial charge in [-0.25, -0.2) is 4.79 Å². The highest BCUT2D eigenvalue weighted by molar-refractivity contribution is 5.91. The molecule has 0 bridgehead atoms. The Hall–Kier alpha value is -4.30. The summed E-state index contributed by atoms with van der Waals surface area (Å²) in [5.74, 6) is 0.350. The number of ketones is 1. The molecule has 3 atom stereocenters. The molecular weight excluding hydrogens is 683 g/mol. The average molecular weight is 746 g/mol. The number of amides is 1. The summed E-state index contributed by atoms with van der Waals surface area (Å²) in [6.07, 6.45) is -0.326. The van der Waals surface area contributed by atoms with E-state index in [4.69, 9.17) is 9.47 Å². The van der Waals surface area contributed by atoms with Crippen LogP contribution in [-0.4, -0.2) is 62.6 Å². The zero-order chi connectivity index (χ0) is 39.6. The molecule has 294 valence electrons. The summed E-state index contributed by atoms with van der Waals surface area (Å²) < 4.78 is 12.9. The summed E-state index contributed by atoms with van der Waals surface area (Å²) in [6, 6.07) is 40.5. The number of ether oxygens (including phenoxy) is 2. The zero-order valence-corrected chi connectivity index (χ0v) is 34.4. The van der Waals surface area contributed by atoms with Crippen LogP contribution in [0.5, 0.6) is 0 Å². The summed E-state index contributed by atoms with van der Waals surface area (Å²) >= 11 is 0. The maximum atomic E-state index is 15.9. The van der Waals surface area contributed by atoms with E-state index in [2.05, 4.69) is 110 Å². The Morgan fingerprint density at radius 2 is 1.00 bits per heavy atom. The summed E-state index contributed by atoms with van der Waals surface area (Å²) in [6.45, 7) is 19.2. The fraction of sp³-hybridized carbons (Fsp3) is 0.458. The number of carbonyl (C=O) groups excluding carboxylic acids is 2. The molecule has 0 saturated carbocycles. The van der Waals surface area contributed by atoms with Crippen molar-refractivity contribution in [2.45, 2.75) is 124 Å². The van der Waals surface area contributed by atoms with Gasteiger partial charge in [-0.1, -0.05) is 149 Å². The quantitative estimate of drug-likeness (QED) is 0.101. The number of benzene rings is 4. The maximum Gasteiger partial charge on any atom is 0.413 e. The molecule has 1 fully saturated rings. The van der Waals surface area contributed by atoms with Gasteiger partial charge >= 0.3 is 6.09 Å². The lowest BCUT2D eigenvalue weighted by Gasteiger charge is -2.43. The fourth-order valence-electron chi connectivity index (χ4n) is 8.03. The van der Waals surface area contributed by atoms with Gasteiger partial charge in [-0.15, -0.1) is 0 Å². The predicted octanol–water partition coefficient (Wildman–Crippen LogP) is 10.1. The largest absolute Gasteiger partial charge is 0.436 e. The summed E-state index contributed by atoms with van der Waals surface area (Å²) in [5.41, 5.74) is 2.99. The van der Waals surface area contributed by atoms with Gasteiger partial charge in [0, 0.05) is 26.2 Å². The van der Waals surface area contributed by atoms with Gasteiger partial charge < -0.3 is 9.47 Å². The van der Waals surface area contributed by atoms with Crippen LogP contribution in [0.4, 0.5) is 4.79 Å². The first kappa shape index (κ1) is 41.9. The first-order chi connectivity index (χ1) is 26.2. The van der Waals surface area contributed by atoms with Gasteiger partial charge in [0.1, 0.15) is 5.72 Å². The van der Waals surface area contributed by atoms with Crippen LogP contribution in [0.15, 0.2) is 121 Å². The Morgan fingerprint density at radius 3 is 1.35 bits per heavy atom. The predicted molar refractivity (Wildman–Crippen MR) is 222 cm³/mol. The second-order valence-electron chi connectivity index (χ2n) is 17.2. The van der Waals surface area contributed by atoms with Gasteiger partial charge in [-0.2, -0.15) is 0 Å². The van der Waals surface area contributed by atoms with E-state index in [0.29, 0.717) is 45.6 Å². The number of hydrogen-bond donors (Lipinski definition) is 0. The Balaban J connectivity index is 1.66. The zero-order valence-electron chi connectivity index (χ0n) is 34.4. The number of nitrogens with zero attached hydrogens (tertiary/aromatic N) is 3. The summed E-state index contributed by atoms with van der Waals surface area (Å²) in [7, 11) is 0. The molecule has 0 spiro atoms. The molecular formula is C48H63N3O4. The highest BCUT2D eigenvalue weighted by Gasteiger charge is 2.52. The lowest BCUT2D eigenvalue weighted by Crippen LogP contribution is -2.59. The summed E-state index contributed by atoms with van der Waals surface area (Å²) in [5, 5.41) is 0. The van der Waals surface area contributed by atoms with Crippen LogP contribution in [-0.2, 0) is 40.4 Å². The average Bonchev–Trinajstić information content (AvgIpc) is 3.38. The highest BCUT2D eigenvalue weighted by Crippen LogP contribution is 2.36. The Kier molecular flexibility index (Phi) is 14.5. The number of carbonyl (C=O) groups is 2. The smallest absolute Gasteiger partial charge is 0.413 e. The van der Waals surface area contributed by atoms with Crippen LogP contribution in [0, 0.1) is 11.8 Å². The van der Waals surface area contributed by atoms with Crippen LogP contribution in [0.3, 0.4) is 0 Å². The van der Waals surface area contributed by atoms with Crippen LogP contribution in [0.25, 0.3) is 0 Å². The minimum atomic E-state index is -1.06. The van der Waals surface area contributed by atoms with E-state index < -0.39 is 35.5 Å². The van der Waals surface area contributed by atoms with Gasteiger partial charge in [0.25, 0.3) is 0 Å². The van der Waals surface area contributed by atoms with Gasteiger partial charge in [-0.3, -0.25) is 19.5 Å². The van der Waals surface area contributed by atoms with Crippen LogP contribution in [0.2, 0.25) is 0 Å². The van der Waals surface area contributed by atoms with Gasteiger partial charge in [0.15, 0.2) is 11.9 Å². The molecule has 1 amide bonds. The first-order valence-corrected chi connectivity index (χ1v) is 20.1. The maximum absolute atomic E-state index is 15.9. The molecule has 1 aliphatic rings. The standard InChI is InChI=1S/C48H63N3O4/c1-36(2)29-42(49(31-38-21-13-9-14-22-38)32-39-23-15-10-16-24-39)44(52)45(55-46(53)51-47(5,6)35-54-48(51,7)8)43(30-37(3)4)50(33-40-25-17-11-18-26-40)34-41-27-19-12-20-28-41/h9-28,36-37,42-43,45H,29-35H2,1-8H3/t42-,43-,45-/m0/s1. The molecule has 0 aromatic heterocycles. The van der Waals surface area contributed by atoms with Crippen molar-refractivity contribution in [1.29, 1.82) is 0 Å². The highest BCUT2D eigenvalue weighted by atomic mass is 16.6. The van der Waals surface area contributed by atoms with Crippen molar-refractivity contribution in [2.75, 3.05) is 6.61 Å². The van der Waals surface area contributed by atoms with Crippen LogP contribution >= 0.6 is 0 Å². The minimum Gasteiger partial charge on any atom is -0.436 e. The molecule has 7 heteroatoms. The van der Waals surface area contributed by atoms with Crippen LogP contribution in [0.1, 0.15) is 90.5 Å². The van der Waals surface area contributed by atoms with E-state index in [1.807, 2.05) is 76.2 Å². The number of rotatable bonds is 18. The van der Waals surface area contributed by atoms with E-state index in [9.17, 15) is 4.79 Å². The topological polar surface area (TPSA) is 62.3 Å². The number of hydrogen-bond acceptors (Lipinski definition) is 6. The van der Waals surface area contributed by atoms with Gasteiger partial charge in [0.05, 0.1) is 24.2 Å². The molecule has 0 aliphatic carbocycles. The summed E-state index contributed by atoms with van der Waals surface area (Å²) in [4.78, 5) is 37.0. The number of Topliss-reactive ketones (excluding diaryl/α,β-unsaturated/α-hetero) is 1. The molecule has 1 heterocycles. The normalized spacial score (nSPS) is 16.8. The van der Waals surface area contributed by atoms with Crippen molar-refractivity contribution in [3.8, 4) is 0 Å². The van der Waals surface area contributed by atoms with Gasteiger partial charge in [0.2, 0.25) is 0 Å². The second-order valence-corrected chi connectivity index (χ2v) is 17.2.